The van der Waals surface area contributed by atoms with Crippen molar-refractivity contribution in [1.82, 2.24) is 25.1 Å². The van der Waals surface area contributed by atoms with Crippen molar-refractivity contribution in [2.24, 2.45) is 5.41 Å². The SMILES string of the molecule is CNC(=O)C(NC(=O)c1nc(-c2cccc(S(C)(=O)=O)c2)n2c1CN(C)CCC2)C(C)(C)C. The smallest absolute Gasteiger partial charge is 0.272 e. The number of aromatic nitrogens is 2. The van der Waals surface area contributed by atoms with Crippen LogP contribution in [0.25, 0.3) is 11.4 Å². The Morgan fingerprint density at radius 1 is 1.18 bits per heavy atom. The molecule has 0 saturated carbocycles. The van der Waals surface area contributed by atoms with E-state index in [-0.39, 0.29) is 16.5 Å². The Morgan fingerprint density at radius 3 is 2.48 bits per heavy atom. The quantitative estimate of drug-likeness (QED) is 0.680. The average Bonchev–Trinajstić information content (AvgIpc) is 2.96. The Morgan fingerprint density at radius 2 is 1.88 bits per heavy atom. The summed E-state index contributed by atoms with van der Waals surface area (Å²) < 4.78 is 26.2. The van der Waals surface area contributed by atoms with E-state index in [1.54, 1.807) is 24.3 Å². The fourth-order valence-corrected chi connectivity index (χ4v) is 4.67. The highest BCUT2D eigenvalue weighted by molar-refractivity contribution is 7.90. The number of nitrogens with one attached hydrogen (secondary N) is 2. The van der Waals surface area contributed by atoms with E-state index in [9.17, 15) is 18.0 Å². The molecule has 1 aliphatic rings. The van der Waals surface area contributed by atoms with E-state index in [0.29, 0.717) is 24.5 Å². The molecule has 3 rings (SSSR count). The van der Waals surface area contributed by atoms with Gasteiger partial charge in [-0.25, -0.2) is 13.4 Å². The number of likely N-dealkylation sites (N-methyl/N-ethyl adjacent to an activating group) is 1. The number of imidazole rings is 1. The molecule has 0 spiro atoms. The highest BCUT2D eigenvalue weighted by atomic mass is 32.2. The Bertz CT molecular complexity index is 1160. The van der Waals surface area contributed by atoms with Crippen LogP contribution in [0, 0.1) is 5.41 Å². The van der Waals surface area contributed by atoms with Crippen LogP contribution in [-0.4, -0.2) is 67.6 Å². The van der Waals surface area contributed by atoms with Gasteiger partial charge >= 0.3 is 0 Å². The Kier molecular flexibility index (Phi) is 6.99. The van der Waals surface area contributed by atoms with Gasteiger partial charge in [0, 0.05) is 32.0 Å². The largest absolute Gasteiger partial charge is 0.357 e. The van der Waals surface area contributed by atoms with Crippen LogP contribution in [0.3, 0.4) is 0 Å². The van der Waals surface area contributed by atoms with Gasteiger partial charge in [0.25, 0.3) is 5.91 Å². The van der Waals surface area contributed by atoms with Crippen molar-refractivity contribution < 1.29 is 18.0 Å². The summed E-state index contributed by atoms with van der Waals surface area (Å²) in [5, 5.41) is 5.48. The van der Waals surface area contributed by atoms with Crippen LogP contribution in [-0.2, 0) is 27.7 Å². The van der Waals surface area contributed by atoms with Crippen molar-refractivity contribution in [3.63, 3.8) is 0 Å². The van der Waals surface area contributed by atoms with Gasteiger partial charge in [-0.15, -0.1) is 0 Å². The predicted molar refractivity (Wildman–Crippen MR) is 126 cm³/mol. The van der Waals surface area contributed by atoms with Crippen molar-refractivity contribution in [3.8, 4) is 11.4 Å². The van der Waals surface area contributed by atoms with Gasteiger partial charge in [0.2, 0.25) is 5.91 Å². The average molecular weight is 476 g/mol. The maximum atomic E-state index is 13.4. The third-order valence-corrected chi connectivity index (χ3v) is 6.91. The van der Waals surface area contributed by atoms with Crippen LogP contribution in [0.4, 0.5) is 0 Å². The molecule has 2 N–H and O–H groups in total. The lowest BCUT2D eigenvalue weighted by Gasteiger charge is -2.29. The molecule has 0 radical (unpaired) electrons. The number of hydrogen-bond acceptors (Lipinski definition) is 6. The molecule has 1 aromatic carbocycles. The van der Waals surface area contributed by atoms with Gasteiger partial charge in [-0.05, 0) is 37.6 Å². The monoisotopic (exact) mass is 475 g/mol. The van der Waals surface area contributed by atoms with E-state index in [4.69, 9.17) is 0 Å². The number of amides is 2. The van der Waals surface area contributed by atoms with E-state index >= 15 is 0 Å². The first kappa shape index (κ1) is 24.9. The van der Waals surface area contributed by atoms with E-state index in [1.165, 1.54) is 7.05 Å². The first-order chi connectivity index (χ1) is 15.3. The van der Waals surface area contributed by atoms with Crippen molar-refractivity contribution in [2.45, 2.75) is 51.2 Å². The zero-order valence-corrected chi connectivity index (χ0v) is 20.9. The van der Waals surface area contributed by atoms with E-state index in [2.05, 4.69) is 20.5 Å². The van der Waals surface area contributed by atoms with Gasteiger partial charge in [-0.1, -0.05) is 32.9 Å². The summed E-state index contributed by atoms with van der Waals surface area (Å²) in [6.45, 7) is 7.68. The van der Waals surface area contributed by atoms with Crippen molar-refractivity contribution >= 4 is 21.7 Å². The van der Waals surface area contributed by atoms with Crippen LogP contribution in [0.5, 0.6) is 0 Å². The molecule has 1 aliphatic heterocycles. The number of benzene rings is 1. The molecule has 2 amide bonds. The van der Waals surface area contributed by atoms with Crippen LogP contribution in [0.15, 0.2) is 29.2 Å². The minimum atomic E-state index is -3.39. The number of sulfone groups is 1. The summed E-state index contributed by atoms with van der Waals surface area (Å²) in [4.78, 5) is 32.9. The number of carbonyl (C=O) groups is 2. The standard InChI is InChI=1S/C23H33N5O4S/c1-23(2,3)19(22(30)24-4)26-21(29)18-17-14-27(5)11-8-12-28(17)20(25-18)15-9-7-10-16(13-15)33(6,31)32/h7,9-10,13,19H,8,11-12,14H2,1-6H3,(H,24,30)(H,26,29). The number of nitrogens with zero attached hydrogens (tertiary/aromatic N) is 3. The summed E-state index contributed by atoms with van der Waals surface area (Å²) >= 11 is 0. The third-order valence-electron chi connectivity index (χ3n) is 5.80. The third kappa shape index (κ3) is 5.44. The van der Waals surface area contributed by atoms with Crippen molar-refractivity contribution in [2.75, 3.05) is 26.9 Å². The second-order valence-electron chi connectivity index (χ2n) is 9.66. The lowest BCUT2D eigenvalue weighted by molar-refractivity contribution is -0.124. The molecule has 9 nitrogen and oxygen atoms in total. The van der Waals surface area contributed by atoms with Crippen LogP contribution >= 0.6 is 0 Å². The van der Waals surface area contributed by atoms with Crippen LogP contribution in [0.1, 0.15) is 43.4 Å². The molecular formula is C23H33N5O4S. The minimum Gasteiger partial charge on any atom is -0.357 e. The number of carbonyl (C=O) groups excluding carboxylic acids is 2. The Hall–Kier alpha value is -2.72. The molecule has 2 heterocycles. The molecule has 180 valence electrons. The van der Waals surface area contributed by atoms with Gasteiger partial charge in [-0.3, -0.25) is 9.59 Å². The number of fused-ring (bicyclic) bond motifs is 1. The van der Waals surface area contributed by atoms with Crippen LogP contribution in [0.2, 0.25) is 0 Å². The molecule has 1 unspecified atom stereocenters. The van der Waals surface area contributed by atoms with E-state index in [1.807, 2.05) is 32.4 Å². The summed E-state index contributed by atoms with van der Waals surface area (Å²) in [5.41, 5.74) is 1.12. The van der Waals surface area contributed by atoms with Gasteiger partial charge in [0.1, 0.15) is 11.9 Å². The molecule has 1 aromatic heterocycles. The second kappa shape index (κ2) is 9.26. The topological polar surface area (TPSA) is 113 Å². The van der Waals surface area contributed by atoms with E-state index < -0.39 is 27.2 Å². The zero-order valence-electron chi connectivity index (χ0n) is 20.1. The maximum absolute atomic E-state index is 13.4. The molecule has 33 heavy (non-hydrogen) atoms. The molecule has 1 atom stereocenters. The second-order valence-corrected chi connectivity index (χ2v) is 11.7. The molecule has 0 saturated heterocycles. The molecule has 2 aromatic rings. The molecule has 0 bridgehead atoms. The Balaban J connectivity index is 2.11. The maximum Gasteiger partial charge on any atom is 0.272 e. The first-order valence-corrected chi connectivity index (χ1v) is 12.8. The molecule has 10 heteroatoms. The highest BCUT2D eigenvalue weighted by Crippen LogP contribution is 2.28. The Labute approximate surface area is 195 Å². The summed E-state index contributed by atoms with van der Waals surface area (Å²) in [5.74, 6) is -0.161. The zero-order chi connectivity index (χ0) is 24.6. The lowest BCUT2D eigenvalue weighted by atomic mass is 9.86. The van der Waals surface area contributed by atoms with Gasteiger partial charge < -0.3 is 20.1 Å². The van der Waals surface area contributed by atoms with E-state index in [0.717, 1.165) is 24.9 Å². The highest BCUT2D eigenvalue weighted by Gasteiger charge is 2.34. The number of hydrogen-bond donors (Lipinski definition) is 2. The van der Waals surface area contributed by atoms with Crippen molar-refractivity contribution in [1.29, 1.82) is 0 Å². The van der Waals surface area contributed by atoms with Gasteiger partial charge in [0.15, 0.2) is 15.5 Å². The summed E-state index contributed by atoms with van der Waals surface area (Å²) in [6.07, 6.45) is 2.03. The fraction of sp³-hybridized carbons (Fsp3) is 0.522. The summed E-state index contributed by atoms with van der Waals surface area (Å²) in [7, 11) is 0.129. The van der Waals surface area contributed by atoms with Gasteiger partial charge in [-0.2, -0.15) is 0 Å². The number of rotatable bonds is 5. The molecule has 0 aliphatic carbocycles. The normalized spacial score (nSPS) is 15.9. The predicted octanol–water partition coefficient (Wildman–Crippen LogP) is 1.68. The first-order valence-electron chi connectivity index (χ1n) is 10.9. The van der Waals surface area contributed by atoms with Gasteiger partial charge in [0.05, 0.1) is 10.6 Å². The summed E-state index contributed by atoms with van der Waals surface area (Å²) in [6, 6.07) is 5.86. The molecular weight excluding hydrogens is 442 g/mol. The van der Waals surface area contributed by atoms with Crippen LogP contribution < -0.4 is 10.6 Å². The fourth-order valence-electron chi connectivity index (χ4n) is 4.01. The molecule has 0 fully saturated rings. The van der Waals surface area contributed by atoms with Crippen molar-refractivity contribution in [3.05, 3.63) is 35.7 Å². The minimum absolute atomic E-state index is 0.196. The lowest BCUT2D eigenvalue weighted by Crippen LogP contribution is -2.53.